The third-order valence-corrected chi connectivity index (χ3v) is 7.77. The number of carbonyl (C=O) groups excluding carboxylic acids is 2. The lowest BCUT2D eigenvalue weighted by Crippen LogP contribution is -2.34. The standard InChI is InChI=1S/C35H45N3O3/c1-27(2)11-16-35(41)38(21-17-28-12-14-33(39)15-13-28)26-30-8-6-10-32(24-30)31-9-5-7-29(23-31)25-34(40)36-18-22-37-19-3-4-20-37/h5-10,12-15,23-24,27,39H,3-4,11,16-22,25-26H2,1-2H3,(H,36,40). The normalized spacial score (nSPS) is 13.4. The number of amides is 2. The molecule has 1 saturated heterocycles. The number of likely N-dealkylation sites (tertiary alicyclic amines) is 1. The van der Waals surface area contributed by atoms with Crippen molar-refractivity contribution in [2.45, 2.75) is 58.9 Å². The van der Waals surface area contributed by atoms with Gasteiger partial charge in [-0.05, 0) is 90.7 Å². The number of rotatable bonds is 14. The lowest BCUT2D eigenvalue weighted by molar-refractivity contribution is -0.132. The van der Waals surface area contributed by atoms with Gasteiger partial charge in [-0.25, -0.2) is 0 Å². The van der Waals surface area contributed by atoms with Crippen LogP contribution in [0, 0.1) is 5.92 Å². The van der Waals surface area contributed by atoms with Gasteiger partial charge in [-0.3, -0.25) is 9.59 Å². The molecule has 6 nitrogen and oxygen atoms in total. The molecular weight excluding hydrogens is 510 g/mol. The summed E-state index contributed by atoms with van der Waals surface area (Å²) in [6.45, 7) is 9.34. The van der Waals surface area contributed by atoms with Crippen LogP contribution in [0.5, 0.6) is 5.75 Å². The van der Waals surface area contributed by atoms with E-state index in [4.69, 9.17) is 0 Å². The number of hydrogen-bond donors (Lipinski definition) is 2. The molecule has 4 rings (SSSR count). The summed E-state index contributed by atoms with van der Waals surface area (Å²) in [5.41, 5.74) is 5.31. The molecule has 1 fully saturated rings. The number of benzene rings is 3. The van der Waals surface area contributed by atoms with E-state index in [2.05, 4.69) is 54.4 Å². The first-order chi connectivity index (χ1) is 19.9. The van der Waals surface area contributed by atoms with Gasteiger partial charge in [0.25, 0.3) is 0 Å². The highest BCUT2D eigenvalue weighted by atomic mass is 16.3. The van der Waals surface area contributed by atoms with Crippen LogP contribution in [-0.4, -0.2) is 59.4 Å². The Hall–Kier alpha value is -3.64. The summed E-state index contributed by atoms with van der Waals surface area (Å²) in [5.74, 6) is 0.943. The van der Waals surface area contributed by atoms with Gasteiger partial charge in [-0.2, -0.15) is 0 Å². The second-order valence-electron chi connectivity index (χ2n) is 11.6. The Kier molecular flexibility index (Phi) is 11.4. The molecule has 2 N–H and O–H groups in total. The molecule has 0 bridgehead atoms. The molecule has 1 aliphatic heterocycles. The van der Waals surface area contributed by atoms with Gasteiger partial charge in [-0.1, -0.05) is 68.4 Å². The van der Waals surface area contributed by atoms with Crippen LogP contribution in [0.15, 0.2) is 72.8 Å². The monoisotopic (exact) mass is 555 g/mol. The predicted octanol–water partition coefficient (Wildman–Crippen LogP) is 5.82. The number of carbonyl (C=O) groups is 2. The van der Waals surface area contributed by atoms with E-state index >= 15 is 0 Å². The van der Waals surface area contributed by atoms with Crippen molar-refractivity contribution < 1.29 is 14.7 Å². The van der Waals surface area contributed by atoms with Crippen LogP contribution in [0.25, 0.3) is 11.1 Å². The molecule has 3 aromatic carbocycles. The van der Waals surface area contributed by atoms with E-state index in [0.717, 1.165) is 60.3 Å². The number of nitrogens with zero attached hydrogens (tertiary/aromatic N) is 2. The molecule has 2 amide bonds. The number of hydrogen-bond acceptors (Lipinski definition) is 4. The van der Waals surface area contributed by atoms with Crippen LogP contribution < -0.4 is 5.32 Å². The van der Waals surface area contributed by atoms with E-state index in [1.54, 1.807) is 12.1 Å². The van der Waals surface area contributed by atoms with E-state index < -0.39 is 0 Å². The Labute approximate surface area is 245 Å². The minimum absolute atomic E-state index is 0.0549. The zero-order chi connectivity index (χ0) is 29.0. The van der Waals surface area contributed by atoms with Gasteiger partial charge in [0.1, 0.15) is 5.75 Å². The molecule has 41 heavy (non-hydrogen) atoms. The van der Waals surface area contributed by atoms with Crippen LogP contribution in [-0.2, 0) is 29.0 Å². The second-order valence-corrected chi connectivity index (χ2v) is 11.6. The van der Waals surface area contributed by atoms with Gasteiger partial charge in [0.2, 0.25) is 11.8 Å². The topological polar surface area (TPSA) is 72.9 Å². The van der Waals surface area contributed by atoms with Crippen LogP contribution in [0.3, 0.4) is 0 Å². The van der Waals surface area contributed by atoms with Gasteiger partial charge in [0.15, 0.2) is 0 Å². The van der Waals surface area contributed by atoms with Crippen molar-refractivity contribution in [2.24, 2.45) is 5.92 Å². The molecule has 3 aromatic rings. The van der Waals surface area contributed by atoms with Crippen molar-refractivity contribution in [3.8, 4) is 16.9 Å². The molecule has 218 valence electrons. The van der Waals surface area contributed by atoms with E-state index in [1.165, 1.54) is 12.8 Å². The molecule has 0 saturated carbocycles. The first-order valence-electron chi connectivity index (χ1n) is 15.1. The number of phenols is 1. The molecule has 0 aromatic heterocycles. The number of nitrogens with one attached hydrogen (secondary N) is 1. The fraction of sp³-hybridized carbons (Fsp3) is 0.429. The molecule has 1 aliphatic rings. The van der Waals surface area contributed by atoms with Gasteiger partial charge >= 0.3 is 0 Å². The van der Waals surface area contributed by atoms with Gasteiger partial charge in [-0.15, -0.1) is 0 Å². The zero-order valence-electron chi connectivity index (χ0n) is 24.6. The van der Waals surface area contributed by atoms with Gasteiger partial charge in [0.05, 0.1) is 6.42 Å². The highest BCUT2D eigenvalue weighted by Gasteiger charge is 2.16. The molecule has 1 heterocycles. The summed E-state index contributed by atoms with van der Waals surface area (Å²) in [6.07, 6.45) is 5.02. The fourth-order valence-corrected chi connectivity index (χ4v) is 5.33. The Bertz CT molecular complexity index is 1270. The summed E-state index contributed by atoms with van der Waals surface area (Å²) >= 11 is 0. The summed E-state index contributed by atoms with van der Waals surface area (Å²) in [5, 5.41) is 12.7. The Morgan fingerprint density at radius 3 is 2.24 bits per heavy atom. The zero-order valence-corrected chi connectivity index (χ0v) is 24.6. The Morgan fingerprint density at radius 1 is 0.902 bits per heavy atom. The minimum atomic E-state index is 0.0549. The maximum absolute atomic E-state index is 13.2. The molecule has 0 atom stereocenters. The van der Waals surface area contributed by atoms with Crippen molar-refractivity contribution in [3.05, 3.63) is 89.5 Å². The van der Waals surface area contributed by atoms with Gasteiger partial charge < -0.3 is 20.2 Å². The van der Waals surface area contributed by atoms with Crippen LogP contribution in [0.1, 0.15) is 56.2 Å². The third-order valence-electron chi connectivity index (χ3n) is 7.77. The SMILES string of the molecule is CC(C)CCC(=O)N(CCc1ccc(O)cc1)Cc1cccc(-c2cccc(CC(=O)NCCN3CCCC3)c2)c1. The van der Waals surface area contributed by atoms with E-state index in [1.807, 2.05) is 35.2 Å². The van der Waals surface area contributed by atoms with Gasteiger partial charge in [0, 0.05) is 32.6 Å². The fourth-order valence-electron chi connectivity index (χ4n) is 5.33. The average molecular weight is 556 g/mol. The summed E-state index contributed by atoms with van der Waals surface area (Å²) < 4.78 is 0. The predicted molar refractivity (Wildman–Crippen MR) is 166 cm³/mol. The Balaban J connectivity index is 1.39. The molecule has 0 aliphatic carbocycles. The summed E-state index contributed by atoms with van der Waals surface area (Å²) in [7, 11) is 0. The molecule has 6 heteroatoms. The van der Waals surface area contributed by atoms with E-state index in [0.29, 0.717) is 38.4 Å². The second kappa shape index (κ2) is 15.4. The largest absolute Gasteiger partial charge is 0.508 e. The quantitative estimate of drug-likeness (QED) is 0.263. The van der Waals surface area contributed by atoms with Crippen LogP contribution >= 0.6 is 0 Å². The highest BCUT2D eigenvalue weighted by molar-refractivity contribution is 5.79. The van der Waals surface area contributed by atoms with Crippen LogP contribution in [0.2, 0.25) is 0 Å². The maximum Gasteiger partial charge on any atom is 0.224 e. The smallest absolute Gasteiger partial charge is 0.224 e. The molecular formula is C35H45N3O3. The maximum atomic E-state index is 13.2. The van der Waals surface area contributed by atoms with Crippen molar-refractivity contribution >= 4 is 11.8 Å². The van der Waals surface area contributed by atoms with Crippen molar-refractivity contribution in [1.82, 2.24) is 15.1 Å². The first-order valence-corrected chi connectivity index (χ1v) is 15.1. The van der Waals surface area contributed by atoms with Crippen LogP contribution in [0.4, 0.5) is 0 Å². The average Bonchev–Trinajstić information content (AvgIpc) is 3.49. The first kappa shape index (κ1) is 30.3. The van der Waals surface area contributed by atoms with Crippen molar-refractivity contribution in [3.63, 3.8) is 0 Å². The lowest BCUT2D eigenvalue weighted by Gasteiger charge is -2.24. The minimum Gasteiger partial charge on any atom is -0.508 e. The van der Waals surface area contributed by atoms with E-state index in [9.17, 15) is 14.7 Å². The summed E-state index contributed by atoms with van der Waals surface area (Å²) in [6, 6.07) is 23.7. The number of phenolic OH excluding ortho intramolecular Hbond substituents is 1. The highest BCUT2D eigenvalue weighted by Crippen LogP contribution is 2.23. The van der Waals surface area contributed by atoms with Crippen molar-refractivity contribution in [2.75, 3.05) is 32.7 Å². The lowest BCUT2D eigenvalue weighted by atomic mass is 9.99. The number of aromatic hydroxyl groups is 1. The molecule has 0 radical (unpaired) electrons. The van der Waals surface area contributed by atoms with E-state index in [-0.39, 0.29) is 17.6 Å². The Morgan fingerprint density at radius 2 is 1.56 bits per heavy atom. The third kappa shape index (κ3) is 10.0. The van der Waals surface area contributed by atoms with Crippen molar-refractivity contribution in [1.29, 1.82) is 0 Å². The summed E-state index contributed by atoms with van der Waals surface area (Å²) in [4.78, 5) is 30.2. The molecule has 0 spiro atoms. The molecule has 0 unspecified atom stereocenters.